The molecule has 3 heterocycles. The summed E-state index contributed by atoms with van der Waals surface area (Å²) in [5, 5.41) is 12.9. The first-order valence-electron chi connectivity index (χ1n) is 9.87. The highest BCUT2D eigenvalue weighted by molar-refractivity contribution is 5.85. The van der Waals surface area contributed by atoms with Gasteiger partial charge in [-0.3, -0.25) is 9.78 Å². The molecule has 4 rings (SSSR count). The normalized spacial score (nSPS) is 16.6. The first-order chi connectivity index (χ1) is 13.7. The molecule has 0 amide bonds. The molecular formula is C20H28Cl2N6O2. The molecule has 3 aromatic rings. The molecule has 3 N–H and O–H groups in total. The van der Waals surface area contributed by atoms with Gasteiger partial charge < -0.3 is 19.9 Å². The number of fused-ring (bicyclic) bond motifs is 1. The van der Waals surface area contributed by atoms with Gasteiger partial charge in [-0.25, -0.2) is 4.98 Å². The van der Waals surface area contributed by atoms with Gasteiger partial charge in [-0.05, 0) is 50.9 Å². The van der Waals surface area contributed by atoms with Crippen LogP contribution in [0.4, 0.5) is 11.6 Å². The van der Waals surface area contributed by atoms with E-state index in [2.05, 4.69) is 25.2 Å². The molecular weight excluding hydrogens is 427 g/mol. The molecule has 0 aliphatic carbocycles. The van der Waals surface area contributed by atoms with Crippen LogP contribution < -0.4 is 10.9 Å². The van der Waals surface area contributed by atoms with Crippen molar-refractivity contribution >= 4 is 47.6 Å². The van der Waals surface area contributed by atoms with Crippen molar-refractivity contribution in [3.05, 3.63) is 47.0 Å². The van der Waals surface area contributed by atoms with Crippen LogP contribution in [0.1, 0.15) is 25.7 Å². The SMILES string of the molecule is Cl.Cl.O=c1[nH]c(Nc2ccccc2)nc2c1ncn2CCCCN1CCCC(O)C1. The molecule has 1 unspecified atom stereocenters. The molecule has 164 valence electrons. The van der Waals surface area contributed by atoms with E-state index < -0.39 is 0 Å². The van der Waals surface area contributed by atoms with Crippen LogP contribution >= 0.6 is 24.8 Å². The van der Waals surface area contributed by atoms with Crippen LogP contribution in [0.5, 0.6) is 0 Å². The van der Waals surface area contributed by atoms with E-state index >= 15 is 0 Å². The number of nitrogens with zero attached hydrogens (tertiary/aromatic N) is 4. The molecule has 8 nitrogen and oxygen atoms in total. The molecule has 0 radical (unpaired) electrons. The van der Waals surface area contributed by atoms with Crippen LogP contribution in [0.3, 0.4) is 0 Å². The van der Waals surface area contributed by atoms with Gasteiger partial charge in [0.05, 0.1) is 12.4 Å². The van der Waals surface area contributed by atoms with Crippen LogP contribution in [0, 0.1) is 0 Å². The topological polar surface area (TPSA) is 99.1 Å². The Morgan fingerprint density at radius 1 is 1.17 bits per heavy atom. The van der Waals surface area contributed by atoms with Crippen molar-refractivity contribution in [3.63, 3.8) is 0 Å². The number of rotatable bonds is 7. The fourth-order valence-electron chi connectivity index (χ4n) is 3.69. The number of aryl methyl sites for hydroxylation is 1. The van der Waals surface area contributed by atoms with Crippen LogP contribution in [0.25, 0.3) is 11.2 Å². The number of aliphatic hydroxyl groups excluding tert-OH is 1. The summed E-state index contributed by atoms with van der Waals surface area (Å²) < 4.78 is 1.94. The maximum Gasteiger partial charge on any atom is 0.280 e. The number of benzene rings is 1. The van der Waals surface area contributed by atoms with Gasteiger partial charge in [-0.15, -0.1) is 24.8 Å². The third kappa shape index (κ3) is 5.95. The van der Waals surface area contributed by atoms with Crippen LogP contribution in [0.2, 0.25) is 0 Å². The number of nitrogens with one attached hydrogen (secondary N) is 2. The Kier molecular flexibility index (Phi) is 9.10. The molecule has 1 aliphatic rings. The second-order valence-electron chi connectivity index (χ2n) is 7.32. The number of hydrogen-bond acceptors (Lipinski definition) is 6. The van der Waals surface area contributed by atoms with Gasteiger partial charge in [0.1, 0.15) is 0 Å². The summed E-state index contributed by atoms with van der Waals surface area (Å²) in [6.45, 7) is 3.59. The van der Waals surface area contributed by atoms with Crippen molar-refractivity contribution in [2.24, 2.45) is 0 Å². The average Bonchev–Trinajstić information content (AvgIpc) is 3.10. The zero-order chi connectivity index (χ0) is 19.3. The lowest BCUT2D eigenvalue weighted by molar-refractivity contribution is 0.0697. The van der Waals surface area contributed by atoms with Crippen molar-refractivity contribution < 1.29 is 5.11 Å². The Labute approximate surface area is 187 Å². The number of aromatic nitrogens is 4. The lowest BCUT2D eigenvalue weighted by atomic mass is 10.1. The number of H-pyrrole nitrogens is 1. The summed E-state index contributed by atoms with van der Waals surface area (Å²) in [7, 11) is 0. The van der Waals surface area contributed by atoms with E-state index in [0.29, 0.717) is 17.1 Å². The lowest BCUT2D eigenvalue weighted by Gasteiger charge is -2.29. The van der Waals surface area contributed by atoms with E-state index in [1.807, 2.05) is 34.9 Å². The van der Waals surface area contributed by atoms with Crippen LogP contribution in [-0.4, -0.2) is 55.3 Å². The van der Waals surface area contributed by atoms with Crippen molar-refractivity contribution in [2.45, 2.75) is 38.3 Å². The number of aromatic amines is 1. The number of aliphatic hydroxyl groups is 1. The first-order valence-corrected chi connectivity index (χ1v) is 9.87. The quantitative estimate of drug-likeness (QED) is 0.474. The van der Waals surface area contributed by atoms with E-state index in [0.717, 1.165) is 57.5 Å². The van der Waals surface area contributed by atoms with E-state index in [1.165, 1.54) is 0 Å². The fourth-order valence-corrected chi connectivity index (χ4v) is 3.69. The van der Waals surface area contributed by atoms with Gasteiger partial charge in [0.15, 0.2) is 11.2 Å². The molecule has 1 aliphatic heterocycles. The van der Waals surface area contributed by atoms with Gasteiger partial charge >= 0.3 is 0 Å². The van der Waals surface area contributed by atoms with Crippen LogP contribution in [0.15, 0.2) is 41.5 Å². The Balaban J connectivity index is 0.00000160. The average molecular weight is 455 g/mol. The monoisotopic (exact) mass is 454 g/mol. The van der Waals surface area contributed by atoms with Crippen molar-refractivity contribution in [1.82, 2.24) is 24.4 Å². The van der Waals surface area contributed by atoms with E-state index in [4.69, 9.17) is 0 Å². The van der Waals surface area contributed by atoms with Crippen molar-refractivity contribution in [3.8, 4) is 0 Å². The second-order valence-corrected chi connectivity index (χ2v) is 7.32. The third-order valence-corrected chi connectivity index (χ3v) is 5.12. The lowest BCUT2D eigenvalue weighted by Crippen LogP contribution is -2.38. The molecule has 0 spiro atoms. The summed E-state index contributed by atoms with van der Waals surface area (Å²) in [5.74, 6) is 0.410. The number of halogens is 2. The molecule has 1 saturated heterocycles. The molecule has 1 atom stereocenters. The number of imidazole rings is 1. The van der Waals surface area contributed by atoms with Gasteiger partial charge in [-0.2, -0.15) is 4.98 Å². The standard InChI is InChI=1S/C20H26N6O2.2ClH/c27-16-9-6-11-25(13-16)10-4-5-12-26-14-21-17-18(26)23-20(24-19(17)28)22-15-7-2-1-3-8-15;;/h1-3,7-8,14,16,27H,4-6,9-13H2,(H2,22,23,24,28);2*1H. The van der Waals surface area contributed by atoms with Gasteiger partial charge in [-0.1, -0.05) is 18.2 Å². The molecule has 0 saturated carbocycles. The van der Waals surface area contributed by atoms with Crippen molar-refractivity contribution in [1.29, 1.82) is 0 Å². The number of unbranched alkanes of at least 4 members (excludes halogenated alkanes) is 1. The number of piperidine rings is 1. The molecule has 0 bridgehead atoms. The summed E-state index contributed by atoms with van der Waals surface area (Å²) in [5.41, 5.74) is 1.57. The minimum atomic E-state index is -0.246. The predicted molar refractivity (Wildman–Crippen MR) is 123 cm³/mol. The summed E-state index contributed by atoms with van der Waals surface area (Å²) >= 11 is 0. The summed E-state index contributed by atoms with van der Waals surface area (Å²) in [6.07, 6.45) is 5.48. The van der Waals surface area contributed by atoms with Gasteiger partial charge in [0.25, 0.3) is 5.56 Å². The highest BCUT2D eigenvalue weighted by atomic mass is 35.5. The van der Waals surface area contributed by atoms with Crippen LogP contribution in [-0.2, 0) is 6.54 Å². The Hall–Kier alpha value is -2.13. The maximum atomic E-state index is 12.3. The maximum absolute atomic E-state index is 12.3. The van der Waals surface area contributed by atoms with E-state index in [-0.39, 0.29) is 36.5 Å². The summed E-state index contributed by atoms with van der Waals surface area (Å²) in [6, 6.07) is 9.61. The minimum Gasteiger partial charge on any atom is -0.392 e. The second kappa shape index (κ2) is 11.3. The zero-order valence-electron chi connectivity index (χ0n) is 16.7. The molecule has 10 heteroatoms. The number of β-amino-alcohol motifs (C(OH)–C–C–N with tert-alkyl or cyclic N) is 1. The number of likely N-dealkylation sites (tertiary alicyclic amines) is 1. The van der Waals surface area contributed by atoms with E-state index in [1.54, 1.807) is 6.33 Å². The highest BCUT2D eigenvalue weighted by Gasteiger charge is 2.17. The Morgan fingerprint density at radius 2 is 1.93 bits per heavy atom. The number of para-hydroxylation sites is 1. The van der Waals surface area contributed by atoms with E-state index in [9.17, 15) is 9.90 Å². The van der Waals surface area contributed by atoms with Gasteiger partial charge in [0.2, 0.25) is 5.95 Å². The molecule has 1 aromatic carbocycles. The smallest absolute Gasteiger partial charge is 0.280 e. The molecule has 2 aromatic heterocycles. The third-order valence-electron chi connectivity index (χ3n) is 5.12. The molecule has 1 fully saturated rings. The zero-order valence-corrected chi connectivity index (χ0v) is 18.3. The fraction of sp³-hybridized carbons (Fsp3) is 0.450. The summed E-state index contributed by atoms with van der Waals surface area (Å²) in [4.78, 5) is 26.2. The number of hydrogen-bond donors (Lipinski definition) is 3. The molecule has 30 heavy (non-hydrogen) atoms. The van der Waals surface area contributed by atoms with Gasteiger partial charge in [0, 0.05) is 18.8 Å². The van der Waals surface area contributed by atoms with Crippen molar-refractivity contribution in [2.75, 3.05) is 25.0 Å². The first kappa shape index (κ1) is 24.1. The highest BCUT2D eigenvalue weighted by Crippen LogP contribution is 2.15. The largest absolute Gasteiger partial charge is 0.392 e. The Bertz CT molecular complexity index is 978. The predicted octanol–water partition coefficient (Wildman–Crippen LogP) is 2.94. The number of anilines is 2. The minimum absolute atomic E-state index is 0. The Morgan fingerprint density at radius 3 is 2.70 bits per heavy atom.